The Morgan fingerprint density at radius 3 is 2.50 bits per heavy atom. The van der Waals surface area contributed by atoms with Crippen LogP contribution < -0.4 is 0 Å². The molecule has 3 heteroatoms. The Kier molecular flexibility index (Phi) is 3.92. The summed E-state index contributed by atoms with van der Waals surface area (Å²) in [4.78, 5) is 3.07. The minimum atomic E-state index is -0.368. The van der Waals surface area contributed by atoms with Crippen molar-refractivity contribution in [1.29, 1.82) is 0 Å². The molecule has 56 valence electrons. The van der Waals surface area contributed by atoms with Crippen LogP contribution in [-0.4, -0.2) is 9.07 Å². The van der Waals surface area contributed by atoms with Gasteiger partial charge in [-0.05, 0) is 18.2 Å². The van der Waals surface area contributed by atoms with E-state index in [4.69, 9.17) is 18.8 Å². The summed E-state index contributed by atoms with van der Waals surface area (Å²) in [6.07, 6.45) is 0.874. The molecule has 0 saturated heterocycles. The van der Waals surface area contributed by atoms with Crippen molar-refractivity contribution in [2.75, 3.05) is 0 Å². The lowest BCUT2D eigenvalue weighted by atomic mass is 10.4. The molecule has 0 aliphatic rings. The van der Waals surface area contributed by atoms with Crippen LogP contribution in [-0.2, 0) is 0 Å². The highest BCUT2D eigenvalue weighted by atomic mass is 32.2. The molecule has 0 radical (unpaired) electrons. The van der Waals surface area contributed by atoms with Crippen LogP contribution in [0.5, 0.6) is 0 Å². The van der Waals surface area contributed by atoms with Gasteiger partial charge >= 0.3 is 0 Å². The molecule has 0 aromatic heterocycles. The summed E-state index contributed by atoms with van der Waals surface area (Å²) in [6, 6.07) is 0. The minimum Gasteiger partial charge on any atom is -0.299 e. The van der Waals surface area contributed by atoms with Crippen LogP contribution in [0.2, 0.25) is 0 Å². The Balaban J connectivity index is 3.92. The highest BCUT2D eigenvalue weighted by molar-refractivity contribution is 8.24. The van der Waals surface area contributed by atoms with Gasteiger partial charge in [-0.3, -0.25) is 4.85 Å². The lowest BCUT2D eigenvalue weighted by molar-refractivity contribution is 0.898. The number of rotatable bonds is 2. The summed E-state index contributed by atoms with van der Waals surface area (Å²) < 4.78 is 0.918. The summed E-state index contributed by atoms with van der Waals surface area (Å²) in [5, 5.41) is 0. The molecule has 0 N–H and O–H groups in total. The van der Waals surface area contributed by atoms with E-state index in [0.29, 0.717) is 0 Å². The maximum atomic E-state index is 6.82. The van der Waals surface area contributed by atoms with Crippen molar-refractivity contribution in [3.8, 4) is 0 Å². The molecule has 0 aliphatic carbocycles. The van der Waals surface area contributed by atoms with Crippen LogP contribution >= 0.6 is 24.0 Å². The van der Waals surface area contributed by atoms with E-state index >= 15 is 0 Å². The molecule has 0 aliphatic heterocycles. The van der Waals surface area contributed by atoms with Crippen molar-refractivity contribution in [2.24, 2.45) is 0 Å². The monoisotopic (exact) mass is 173 g/mol. The summed E-state index contributed by atoms with van der Waals surface area (Å²) >= 11 is 6.47. The van der Waals surface area contributed by atoms with E-state index in [9.17, 15) is 0 Å². The maximum Gasteiger partial charge on any atom is 0.277 e. The summed E-state index contributed by atoms with van der Waals surface area (Å²) in [5.74, 6) is 0. The van der Waals surface area contributed by atoms with Gasteiger partial charge in [0, 0.05) is 13.8 Å². The van der Waals surface area contributed by atoms with Gasteiger partial charge in [0.05, 0.1) is 4.20 Å². The fourth-order valence-electron chi connectivity index (χ4n) is 0.374. The van der Waals surface area contributed by atoms with Gasteiger partial charge in [0.15, 0.2) is 0 Å². The van der Waals surface area contributed by atoms with Crippen molar-refractivity contribution >= 4 is 28.2 Å². The first-order valence-electron chi connectivity index (χ1n) is 3.12. The number of hydrogen-bond acceptors (Lipinski definition) is 2. The van der Waals surface area contributed by atoms with Gasteiger partial charge in [0.2, 0.25) is 0 Å². The van der Waals surface area contributed by atoms with E-state index in [1.807, 2.05) is 20.8 Å². The standard InChI is InChI=1S/C7H11NS2/c1-5-6(9)10-7(2,3)8-4/h5H2,1-3H3. The topological polar surface area (TPSA) is 4.36 Å². The van der Waals surface area contributed by atoms with Crippen molar-refractivity contribution in [3.63, 3.8) is 0 Å². The Morgan fingerprint density at radius 1 is 1.70 bits per heavy atom. The van der Waals surface area contributed by atoms with Gasteiger partial charge in [0.25, 0.3) is 4.87 Å². The molecular formula is C7H11NS2. The minimum absolute atomic E-state index is 0.368. The molecule has 0 spiro atoms. The molecule has 0 fully saturated rings. The average Bonchev–Trinajstić information content (AvgIpc) is 1.87. The van der Waals surface area contributed by atoms with Crippen molar-refractivity contribution in [3.05, 3.63) is 11.4 Å². The summed E-state index contributed by atoms with van der Waals surface area (Å²) in [5.41, 5.74) is 0. The van der Waals surface area contributed by atoms with E-state index in [1.54, 1.807) is 0 Å². The SMILES string of the molecule is [C-]#[N+]C(C)(C)SC(=S)CC. The average molecular weight is 173 g/mol. The highest BCUT2D eigenvalue weighted by Crippen LogP contribution is 2.28. The number of thioether (sulfide) groups is 1. The zero-order valence-electron chi connectivity index (χ0n) is 6.47. The molecule has 0 heterocycles. The van der Waals surface area contributed by atoms with Gasteiger partial charge in [-0.25, -0.2) is 6.57 Å². The van der Waals surface area contributed by atoms with Crippen LogP contribution in [0.25, 0.3) is 4.85 Å². The second-order valence-corrected chi connectivity index (χ2v) is 4.83. The smallest absolute Gasteiger partial charge is 0.277 e. The molecule has 10 heavy (non-hydrogen) atoms. The first kappa shape index (κ1) is 9.93. The van der Waals surface area contributed by atoms with Gasteiger partial charge in [-0.1, -0.05) is 19.1 Å². The summed E-state index contributed by atoms with van der Waals surface area (Å²) in [7, 11) is 0. The van der Waals surface area contributed by atoms with E-state index in [-0.39, 0.29) is 4.87 Å². The zero-order valence-corrected chi connectivity index (χ0v) is 8.10. The van der Waals surface area contributed by atoms with Crippen molar-refractivity contribution in [2.45, 2.75) is 32.1 Å². The van der Waals surface area contributed by atoms with Crippen molar-refractivity contribution in [1.82, 2.24) is 0 Å². The second kappa shape index (κ2) is 3.95. The Bertz CT molecular complexity index is 167. The van der Waals surface area contributed by atoms with Gasteiger partial charge in [-0.2, -0.15) is 0 Å². The largest absolute Gasteiger partial charge is 0.299 e. The van der Waals surface area contributed by atoms with E-state index in [1.165, 1.54) is 11.8 Å². The third-order valence-electron chi connectivity index (χ3n) is 0.922. The fraction of sp³-hybridized carbons (Fsp3) is 0.714. The molecule has 1 nitrogen and oxygen atoms in total. The lowest BCUT2D eigenvalue weighted by Crippen LogP contribution is -2.09. The van der Waals surface area contributed by atoms with E-state index < -0.39 is 0 Å². The van der Waals surface area contributed by atoms with Gasteiger partial charge < -0.3 is 0 Å². The highest BCUT2D eigenvalue weighted by Gasteiger charge is 2.24. The predicted molar refractivity (Wildman–Crippen MR) is 51.2 cm³/mol. The quantitative estimate of drug-likeness (QED) is 0.467. The van der Waals surface area contributed by atoms with Crippen LogP contribution in [0.4, 0.5) is 0 Å². The first-order chi connectivity index (χ1) is 4.52. The van der Waals surface area contributed by atoms with Crippen LogP contribution in [0.3, 0.4) is 0 Å². The molecule has 0 aromatic carbocycles. The molecule has 0 bridgehead atoms. The first-order valence-corrected chi connectivity index (χ1v) is 4.34. The molecule has 0 rings (SSSR count). The molecular weight excluding hydrogens is 162 g/mol. The maximum absolute atomic E-state index is 6.82. The predicted octanol–water partition coefficient (Wildman–Crippen LogP) is 3.11. The van der Waals surface area contributed by atoms with Crippen molar-refractivity contribution < 1.29 is 0 Å². The number of hydrogen-bond donors (Lipinski definition) is 0. The Hall–Kier alpha value is -0.0700. The Morgan fingerprint density at radius 2 is 2.20 bits per heavy atom. The molecule has 0 unspecified atom stereocenters. The number of thiocarbonyl (C=S) groups is 1. The third kappa shape index (κ3) is 3.86. The number of nitrogens with zero attached hydrogens (tertiary/aromatic N) is 1. The molecule has 0 aromatic rings. The molecule has 0 saturated carbocycles. The van der Waals surface area contributed by atoms with Gasteiger partial charge in [-0.15, -0.1) is 0 Å². The van der Waals surface area contributed by atoms with Gasteiger partial charge in [0.1, 0.15) is 0 Å². The normalized spacial score (nSPS) is 10.6. The fourth-order valence-corrected chi connectivity index (χ4v) is 1.73. The summed E-state index contributed by atoms with van der Waals surface area (Å²) in [6.45, 7) is 12.6. The lowest BCUT2D eigenvalue weighted by Gasteiger charge is -2.08. The van der Waals surface area contributed by atoms with Crippen LogP contribution in [0.1, 0.15) is 27.2 Å². The van der Waals surface area contributed by atoms with E-state index in [2.05, 4.69) is 4.85 Å². The van der Waals surface area contributed by atoms with Crippen LogP contribution in [0, 0.1) is 6.57 Å². The van der Waals surface area contributed by atoms with E-state index in [0.717, 1.165) is 10.6 Å². The molecule has 0 amide bonds. The Labute approximate surface area is 72.0 Å². The third-order valence-corrected chi connectivity index (χ3v) is 2.57. The molecule has 0 atom stereocenters. The van der Waals surface area contributed by atoms with Crippen LogP contribution in [0.15, 0.2) is 0 Å². The zero-order chi connectivity index (χ0) is 8.20. The second-order valence-electron chi connectivity index (χ2n) is 2.39.